The molecule has 1 aromatic heterocycles. The maximum Gasteiger partial charge on any atom is 0.151 e. The fourth-order valence-corrected chi connectivity index (χ4v) is 2.87. The van der Waals surface area contributed by atoms with Gasteiger partial charge < -0.3 is 15.4 Å². The minimum absolute atomic E-state index is 0.516. The van der Waals surface area contributed by atoms with Crippen molar-refractivity contribution in [2.75, 3.05) is 6.54 Å². The van der Waals surface area contributed by atoms with Crippen molar-refractivity contribution in [2.45, 2.75) is 64.0 Å². The smallest absolute Gasteiger partial charge is 0.151 e. The lowest BCUT2D eigenvalue weighted by atomic mass is 10.0. The Hall–Kier alpha value is -0.580. The number of aromatic nitrogens is 2. The average molecular weight is 286 g/mol. The maximum absolute atomic E-state index is 10.2. The van der Waals surface area contributed by atoms with Crippen molar-refractivity contribution in [1.82, 2.24) is 15.3 Å². The van der Waals surface area contributed by atoms with Crippen LogP contribution in [0, 0.1) is 0 Å². The molecule has 1 saturated carbocycles. The Bertz CT molecular complexity index is 399. The topological polar surface area (TPSA) is 60.9 Å². The van der Waals surface area contributed by atoms with Crippen LogP contribution in [-0.4, -0.2) is 27.2 Å². The summed E-state index contributed by atoms with van der Waals surface area (Å²) in [6.07, 6.45) is 7.28. The van der Waals surface area contributed by atoms with Crippen LogP contribution in [0.1, 0.15) is 57.0 Å². The van der Waals surface area contributed by atoms with Gasteiger partial charge in [0.05, 0.1) is 11.3 Å². The number of nitrogens with zero attached hydrogens (tertiary/aromatic N) is 1. The van der Waals surface area contributed by atoms with Crippen LogP contribution in [0.15, 0.2) is 0 Å². The van der Waals surface area contributed by atoms with Crippen LogP contribution in [0.3, 0.4) is 0 Å². The van der Waals surface area contributed by atoms with E-state index in [1.54, 1.807) is 0 Å². The van der Waals surface area contributed by atoms with Gasteiger partial charge in [-0.25, -0.2) is 4.98 Å². The maximum atomic E-state index is 10.2. The minimum Gasteiger partial charge on any atom is -0.389 e. The Labute approximate surface area is 120 Å². The predicted molar refractivity (Wildman–Crippen MR) is 77.3 cm³/mol. The van der Waals surface area contributed by atoms with Gasteiger partial charge in [0.2, 0.25) is 0 Å². The number of aryl methyl sites for hydroxylation is 1. The Kier molecular flexibility index (Phi) is 5.25. The molecule has 0 saturated heterocycles. The van der Waals surface area contributed by atoms with Gasteiger partial charge in [0.15, 0.2) is 5.15 Å². The Morgan fingerprint density at radius 3 is 2.84 bits per heavy atom. The van der Waals surface area contributed by atoms with Crippen molar-refractivity contribution in [3.8, 4) is 0 Å². The highest BCUT2D eigenvalue weighted by Gasteiger charge is 2.30. The van der Waals surface area contributed by atoms with Gasteiger partial charge in [0, 0.05) is 19.5 Å². The van der Waals surface area contributed by atoms with Gasteiger partial charge >= 0.3 is 0 Å². The van der Waals surface area contributed by atoms with Crippen LogP contribution in [0.25, 0.3) is 0 Å². The number of hydrogen-bond donors (Lipinski definition) is 3. The lowest BCUT2D eigenvalue weighted by Crippen LogP contribution is -2.37. The largest absolute Gasteiger partial charge is 0.389 e. The van der Waals surface area contributed by atoms with E-state index in [0.29, 0.717) is 18.2 Å². The summed E-state index contributed by atoms with van der Waals surface area (Å²) in [6.45, 7) is 3.43. The molecule has 0 atom stereocenters. The molecule has 1 aliphatic carbocycles. The summed E-state index contributed by atoms with van der Waals surface area (Å²) >= 11 is 6.11. The highest BCUT2D eigenvalue weighted by atomic mass is 35.5. The number of H-pyrrole nitrogens is 1. The van der Waals surface area contributed by atoms with Gasteiger partial charge in [-0.2, -0.15) is 0 Å². The summed E-state index contributed by atoms with van der Waals surface area (Å²) in [5, 5.41) is 14.1. The molecule has 108 valence electrons. The van der Waals surface area contributed by atoms with Crippen LogP contribution in [-0.2, 0) is 13.0 Å². The molecule has 0 spiro atoms. The highest BCUT2D eigenvalue weighted by molar-refractivity contribution is 6.30. The zero-order valence-electron chi connectivity index (χ0n) is 11.6. The van der Waals surface area contributed by atoms with Crippen LogP contribution in [0.4, 0.5) is 0 Å². The molecule has 1 heterocycles. The molecule has 1 aromatic rings. The number of halogens is 1. The van der Waals surface area contributed by atoms with Crippen LogP contribution in [0.5, 0.6) is 0 Å². The second kappa shape index (κ2) is 6.73. The molecule has 19 heavy (non-hydrogen) atoms. The van der Waals surface area contributed by atoms with Crippen molar-refractivity contribution in [2.24, 2.45) is 0 Å². The van der Waals surface area contributed by atoms with E-state index in [1.807, 2.05) is 0 Å². The Balaban J connectivity index is 1.80. The summed E-state index contributed by atoms with van der Waals surface area (Å²) < 4.78 is 0. The van der Waals surface area contributed by atoms with E-state index in [1.165, 1.54) is 0 Å². The van der Waals surface area contributed by atoms with Crippen molar-refractivity contribution in [3.63, 3.8) is 0 Å². The van der Waals surface area contributed by atoms with E-state index in [2.05, 4.69) is 22.2 Å². The molecule has 1 aliphatic rings. The highest BCUT2D eigenvalue weighted by Crippen LogP contribution is 2.28. The van der Waals surface area contributed by atoms with Crippen LogP contribution in [0.2, 0.25) is 5.15 Å². The Morgan fingerprint density at radius 1 is 1.42 bits per heavy atom. The molecule has 0 radical (unpaired) electrons. The zero-order valence-corrected chi connectivity index (χ0v) is 12.4. The summed E-state index contributed by atoms with van der Waals surface area (Å²) in [5.74, 6) is 0.961. The molecule has 0 unspecified atom stereocenters. The number of imidazole rings is 1. The number of unbranched alkanes of at least 4 members (excludes halogenated alkanes) is 1. The number of aliphatic hydroxyl groups is 1. The summed E-state index contributed by atoms with van der Waals surface area (Å²) in [6, 6.07) is 0. The molecule has 0 amide bonds. The predicted octanol–water partition coefficient (Wildman–Crippen LogP) is 2.80. The van der Waals surface area contributed by atoms with Gasteiger partial charge in [0.25, 0.3) is 0 Å². The lowest BCUT2D eigenvalue weighted by Gasteiger charge is -2.22. The van der Waals surface area contributed by atoms with Crippen molar-refractivity contribution >= 4 is 11.6 Å². The molecule has 5 heteroatoms. The van der Waals surface area contributed by atoms with Crippen LogP contribution < -0.4 is 5.32 Å². The fraction of sp³-hybridized carbons (Fsp3) is 0.786. The summed E-state index contributed by atoms with van der Waals surface area (Å²) in [7, 11) is 0. The first-order valence-corrected chi connectivity index (χ1v) is 7.67. The van der Waals surface area contributed by atoms with Gasteiger partial charge in [-0.15, -0.1) is 0 Å². The molecule has 1 fully saturated rings. The van der Waals surface area contributed by atoms with Crippen molar-refractivity contribution in [1.29, 1.82) is 0 Å². The van der Waals surface area contributed by atoms with E-state index < -0.39 is 5.60 Å². The van der Waals surface area contributed by atoms with Crippen LogP contribution >= 0.6 is 11.6 Å². The molecule has 0 bridgehead atoms. The molecule has 4 nitrogen and oxygen atoms in total. The van der Waals surface area contributed by atoms with Crippen molar-refractivity contribution < 1.29 is 5.11 Å². The molecule has 0 aromatic carbocycles. The fourth-order valence-electron chi connectivity index (χ4n) is 2.65. The Morgan fingerprint density at radius 2 is 2.16 bits per heavy atom. The molecule has 2 rings (SSSR count). The third-order valence-electron chi connectivity index (χ3n) is 3.83. The van der Waals surface area contributed by atoms with E-state index in [-0.39, 0.29) is 0 Å². The van der Waals surface area contributed by atoms with Crippen molar-refractivity contribution in [3.05, 3.63) is 16.7 Å². The first-order chi connectivity index (χ1) is 9.13. The van der Waals surface area contributed by atoms with Gasteiger partial charge in [-0.05, 0) is 19.3 Å². The van der Waals surface area contributed by atoms with E-state index >= 15 is 0 Å². The number of hydrogen-bond acceptors (Lipinski definition) is 3. The molecule has 0 aliphatic heterocycles. The van der Waals surface area contributed by atoms with Gasteiger partial charge in [-0.1, -0.05) is 37.8 Å². The normalized spacial score (nSPS) is 18.1. The van der Waals surface area contributed by atoms with E-state index in [0.717, 1.165) is 56.5 Å². The van der Waals surface area contributed by atoms with E-state index in [4.69, 9.17) is 11.6 Å². The monoisotopic (exact) mass is 285 g/mol. The molecular weight excluding hydrogens is 262 g/mol. The third-order valence-corrected chi connectivity index (χ3v) is 4.15. The van der Waals surface area contributed by atoms with Gasteiger partial charge in [-0.3, -0.25) is 0 Å². The number of aromatic amines is 1. The number of nitrogens with one attached hydrogen (secondary N) is 2. The summed E-state index contributed by atoms with van der Waals surface area (Å²) in [5.41, 5.74) is 0.409. The first kappa shape index (κ1) is 14.8. The molecule has 3 N–H and O–H groups in total. The minimum atomic E-state index is -0.516. The lowest BCUT2D eigenvalue weighted by molar-refractivity contribution is 0.0474. The number of rotatable bonds is 7. The SMILES string of the molecule is CCCCc1nc(Cl)c(CNCC2(O)CCCC2)[nH]1. The van der Waals surface area contributed by atoms with E-state index in [9.17, 15) is 5.11 Å². The zero-order chi connectivity index (χ0) is 13.7. The average Bonchev–Trinajstić information content (AvgIpc) is 2.95. The quantitative estimate of drug-likeness (QED) is 0.722. The third kappa shape index (κ3) is 4.20. The van der Waals surface area contributed by atoms with Gasteiger partial charge in [0.1, 0.15) is 5.82 Å². The molecular formula is C14H24ClN3O. The standard InChI is InChI=1S/C14H24ClN3O/c1-2-3-6-12-17-11(13(15)18-12)9-16-10-14(19)7-4-5-8-14/h16,19H,2-10H2,1H3,(H,17,18). The second-order valence-electron chi connectivity index (χ2n) is 5.59. The second-order valence-corrected chi connectivity index (χ2v) is 5.95. The summed E-state index contributed by atoms with van der Waals surface area (Å²) in [4.78, 5) is 7.59. The first-order valence-electron chi connectivity index (χ1n) is 7.29.